The number of aromatic amines is 1. The summed E-state index contributed by atoms with van der Waals surface area (Å²) in [5.41, 5.74) is -0.437. The number of likely N-dealkylation sites (tertiary alicyclic amines) is 1. The monoisotopic (exact) mass is 517 g/mol. The number of ether oxygens (including phenoxy) is 1. The molecule has 4 rings (SSSR count). The van der Waals surface area contributed by atoms with Gasteiger partial charge < -0.3 is 20.3 Å². The van der Waals surface area contributed by atoms with Crippen LogP contribution in [-0.2, 0) is 10.2 Å². The maximum absolute atomic E-state index is 13.2. The van der Waals surface area contributed by atoms with Gasteiger partial charge in [-0.1, -0.05) is 6.92 Å². The second kappa shape index (κ2) is 10.2. The van der Waals surface area contributed by atoms with E-state index in [0.717, 1.165) is 42.8 Å². The summed E-state index contributed by atoms with van der Waals surface area (Å²) in [6.45, 7) is 3.97. The van der Waals surface area contributed by atoms with Crippen LogP contribution in [0.15, 0.2) is 48.7 Å². The van der Waals surface area contributed by atoms with E-state index in [1.54, 1.807) is 18.3 Å². The molecule has 1 aromatic heterocycles. The fourth-order valence-electron chi connectivity index (χ4n) is 4.52. The van der Waals surface area contributed by atoms with Gasteiger partial charge in [0.15, 0.2) is 0 Å². The Hall–Kier alpha value is -3.50. The Morgan fingerprint density at radius 1 is 1.22 bits per heavy atom. The number of hydrogen-bond acceptors (Lipinski definition) is 5. The molecule has 190 valence electrons. The fraction of sp³-hybridized carbons (Fsp3) is 0.320. The molecule has 2 aromatic carbocycles. The second-order valence-corrected chi connectivity index (χ2v) is 9.51. The van der Waals surface area contributed by atoms with Gasteiger partial charge in [0.1, 0.15) is 5.75 Å². The molecule has 3 N–H and O–H groups in total. The van der Waals surface area contributed by atoms with Crippen molar-refractivity contribution >= 4 is 35.3 Å². The molecule has 2 amide bonds. The average molecular weight is 518 g/mol. The molecule has 1 aliphatic heterocycles. The van der Waals surface area contributed by atoms with E-state index in [-0.39, 0.29) is 11.2 Å². The number of nitrogens with one attached hydrogen (secondary N) is 3. The molecule has 2 heterocycles. The zero-order valence-electron chi connectivity index (χ0n) is 19.8. The van der Waals surface area contributed by atoms with Crippen LogP contribution < -0.4 is 15.4 Å². The van der Waals surface area contributed by atoms with Crippen LogP contribution in [-0.4, -0.2) is 53.1 Å². The third-order valence-electron chi connectivity index (χ3n) is 6.45. The number of nitrogens with zero attached hydrogens (tertiary/aromatic N) is 2. The standard InChI is InChI=1S/C25H26ClF2N5O3/c1-24(8-11-33(2)12-9-24)22-19(20-7-10-30-32-20)13-16(14-21(22)29-15-34)23(35)31-17-3-5-18(6-4-17)36-25(26,27)28/h3-7,10,13-15H,8-9,11-12H2,1-2H3,(H,29,34)(H,30,32)(H,31,35). The van der Waals surface area contributed by atoms with Crippen molar-refractivity contribution < 1.29 is 23.1 Å². The molecule has 36 heavy (non-hydrogen) atoms. The third-order valence-corrected chi connectivity index (χ3v) is 6.52. The summed E-state index contributed by atoms with van der Waals surface area (Å²) in [5.74, 6) is -0.594. The first-order chi connectivity index (χ1) is 17.1. The van der Waals surface area contributed by atoms with Crippen LogP contribution in [0.2, 0.25) is 0 Å². The fourth-order valence-corrected chi connectivity index (χ4v) is 4.61. The summed E-state index contributed by atoms with van der Waals surface area (Å²) in [7, 11) is 2.08. The van der Waals surface area contributed by atoms with Crippen molar-refractivity contribution in [2.75, 3.05) is 30.8 Å². The molecule has 1 saturated heterocycles. The van der Waals surface area contributed by atoms with Crippen LogP contribution in [0.1, 0.15) is 35.7 Å². The van der Waals surface area contributed by atoms with Crippen molar-refractivity contribution in [3.8, 4) is 17.0 Å². The van der Waals surface area contributed by atoms with E-state index < -0.39 is 11.5 Å². The van der Waals surface area contributed by atoms with Crippen LogP contribution in [0.3, 0.4) is 0 Å². The number of aromatic nitrogens is 2. The number of piperidine rings is 1. The number of H-pyrrole nitrogens is 1. The third kappa shape index (κ3) is 5.83. The number of alkyl halides is 3. The van der Waals surface area contributed by atoms with E-state index in [9.17, 15) is 18.4 Å². The van der Waals surface area contributed by atoms with E-state index in [1.807, 2.05) is 6.07 Å². The highest BCUT2D eigenvalue weighted by molar-refractivity contribution is 6.20. The number of rotatable bonds is 8. The zero-order chi connectivity index (χ0) is 25.9. The summed E-state index contributed by atoms with van der Waals surface area (Å²) < 4.78 is 30.0. The minimum atomic E-state index is -3.83. The van der Waals surface area contributed by atoms with Crippen LogP contribution in [0.4, 0.5) is 20.2 Å². The number of hydrogen-bond donors (Lipinski definition) is 3. The smallest absolute Gasteiger partial charge is 0.420 e. The van der Waals surface area contributed by atoms with Crippen molar-refractivity contribution in [2.45, 2.75) is 30.7 Å². The van der Waals surface area contributed by atoms with Gasteiger partial charge in [-0.2, -0.15) is 5.10 Å². The Bertz CT molecular complexity index is 1220. The van der Waals surface area contributed by atoms with Gasteiger partial charge >= 0.3 is 5.57 Å². The first-order valence-corrected chi connectivity index (χ1v) is 11.7. The Morgan fingerprint density at radius 3 is 2.50 bits per heavy atom. The van der Waals surface area contributed by atoms with Crippen LogP contribution in [0.25, 0.3) is 11.3 Å². The van der Waals surface area contributed by atoms with Gasteiger partial charge in [-0.05, 0) is 86.4 Å². The van der Waals surface area contributed by atoms with Crippen molar-refractivity contribution in [3.05, 3.63) is 59.8 Å². The van der Waals surface area contributed by atoms with Gasteiger partial charge in [0.2, 0.25) is 6.41 Å². The number of anilines is 2. The van der Waals surface area contributed by atoms with Crippen molar-refractivity contribution in [3.63, 3.8) is 0 Å². The lowest BCUT2D eigenvalue weighted by molar-refractivity contribution is -0.105. The van der Waals surface area contributed by atoms with Crippen molar-refractivity contribution in [2.24, 2.45) is 0 Å². The highest BCUT2D eigenvalue weighted by Gasteiger charge is 2.36. The molecule has 0 bridgehead atoms. The quantitative estimate of drug-likeness (QED) is 0.287. The van der Waals surface area contributed by atoms with Gasteiger partial charge in [0.05, 0.1) is 5.69 Å². The number of carbonyl (C=O) groups excluding carboxylic acids is 2. The molecular formula is C25H26ClF2N5O3. The molecule has 0 unspecified atom stereocenters. The topological polar surface area (TPSA) is 99.3 Å². The van der Waals surface area contributed by atoms with Gasteiger partial charge in [-0.25, -0.2) is 0 Å². The van der Waals surface area contributed by atoms with Gasteiger partial charge in [0, 0.05) is 40.3 Å². The molecule has 0 saturated carbocycles. The minimum absolute atomic E-state index is 0.150. The number of benzene rings is 2. The summed E-state index contributed by atoms with van der Waals surface area (Å²) in [4.78, 5) is 27.0. The van der Waals surface area contributed by atoms with Crippen molar-refractivity contribution in [1.82, 2.24) is 15.1 Å². The second-order valence-electron chi connectivity index (χ2n) is 9.07. The maximum atomic E-state index is 13.2. The lowest BCUT2D eigenvalue weighted by Gasteiger charge is -2.40. The van der Waals surface area contributed by atoms with Crippen LogP contribution >= 0.6 is 11.6 Å². The van der Waals surface area contributed by atoms with Crippen molar-refractivity contribution in [1.29, 1.82) is 0 Å². The first-order valence-electron chi connectivity index (χ1n) is 11.3. The Labute approximate surface area is 212 Å². The lowest BCUT2D eigenvalue weighted by Crippen LogP contribution is -2.39. The molecule has 0 aliphatic carbocycles. The normalized spacial score (nSPS) is 15.8. The number of halogens is 3. The predicted molar refractivity (Wildman–Crippen MR) is 134 cm³/mol. The SMILES string of the molecule is CN1CCC(C)(c2c(NC=O)cc(C(=O)Nc3ccc(OC(F)(F)Cl)cc3)cc2-c2ccn[nH]2)CC1. The molecule has 0 radical (unpaired) electrons. The molecule has 0 atom stereocenters. The summed E-state index contributed by atoms with van der Waals surface area (Å²) >= 11 is 4.79. The first kappa shape index (κ1) is 25.6. The van der Waals surface area contributed by atoms with Gasteiger partial charge in [0.25, 0.3) is 5.91 Å². The molecular weight excluding hydrogens is 492 g/mol. The highest BCUT2D eigenvalue weighted by Crippen LogP contribution is 2.44. The molecule has 0 spiro atoms. The van der Waals surface area contributed by atoms with E-state index in [0.29, 0.717) is 23.3 Å². The summed E-state index contributed by atoms with van der Waals surface area (Å²) in [6, 6.07) is 10.6. The average Bonchev–Trinajstić information content (AvgIpc) is 3.36. The van der Waals surface area contributed by atoms with Crippen LogP contribution in [0.5, 0.6) is 5.75 Å². The van der Waals surface area contributed by atoms with Gasteiger partial charge in [-0.15, -0.1) is 8.78 Å². The molecule has 1 aliphatic rings. The predicted octanol–water partition coefficient (Wildman–Crippen LogP) is 5.05. The van der Waals surface area contributed by atoms with Gasteiger partial charge in [-0.3, -0.25) is 14.7 Å². The largest absolute Gasteiger partial charge is 0.487 e. The molecule has 11 heteroatoms. The molecule has 8 nitrogen and oxygen atoms in total. The molecule has 3 aromatic rings. The highest BCUT2D eigenvalue weighted by atomic mass is 35.5. The Kier molecular flexibility index (Phi) is 7.28. The Morgan fingerprint density at radius 2 is 1.92 bits per heavy atom. The minimum Gasteiger partial charge on any atom is -0.420 e. The van der Waals surface area contributed by atoms with E-state index in [1.165, 1.54) is 24.3 Å². The lowest BCUT2D eigenvalue weighted by atomic mass is 9.71. The van der Waals surface area contributed by atoms with E-state index in [4.69, 9.17) is 11.6 Å². The van der Waals surface area contributed by atoms with E-state index in [2.05, 4.69) is 44.4 Å². The number of amides is 2. The number of carbonyl (C=O) groups is 2. The Balaban J connectivity index is 1.70. The summed E-state index contributed by atoms with van der Waals surface area (Å²) in [6.07, 6.45) is 3.98. The summed E-state index contributed by atoms with van der Waals surface area (Å²) in [5, 5.41) is 12.6. The van der Waals surface area contributed by atoms with Crippen LogP contribution in [0, 0.1) is 0 Å². The van der Waals surface area contributed by atoms with E-state index >= 15 is 0 Å². The zero-order valence-corrected chi connectivity index (χ0v) is 20.5. The maximum Gasteiger partial charge on any atom is 0.487 e. The molecule has 1 fully saturated rings.